The maximum absolute atomic E-state index is 11.9. The Labute approximate surface area is 141 Å². The summed E-state index contributed by atoms with van der Waals surface area (Å²) < 4.78 is 6.05. The van der Waals surface area contributed by atoms with Crippen molar-refractivity contribution in [2.75, 3.05) is 0 Å². The minimum atomic E-state index is -0.378. The number of Topliss-reactive ketones (excluding diaryl/α,β-unsaturated/α-hetero) is 1. The molecule has 0 aliphatic heterocycles. The van der Waals surface area contributed by atoms with Gasteiger partial charge in [-0.3, -0.25) is 9.59 Å². The normalized spacial score (nSPS) is 10.5. The molecule has 0 aliphatic rings. The van der Waals surface area contributed by atoms with E-state index in [9.17, 15) is 9.59 Å². The number of benzene rings is 1. The van der Waals surface area contributed by atoms with Crippen molar-refractivity contribution in [2.24, 2.45) is 0 Å². The first-order chi connectivity index (χ1) is 10.6. The number of ketones is 1. The first-order valence-electron chi connectivity index (χ1n) is 6.96. The number of thiazole rings is 1. The van der Waals surface area contributed by atoms with E-state index in [1.54, 1.807) is 35.6 Å². The Morgan fingerprint density at radius 1 is 1.23 bits per heavy atom. The van der Waals surface area contributed by atoms with Gasteiger partial charge in [0.1, 0.15) is 6.61 Å². The van der Waals surface area contributed by atoms with Gasteiger partial charge >= 0.3 is 5.97 Å². The minimum absolute atomic E-state index is 0.0635. The van der Waals surface area contributed by atoms with Gasteiger partial charge in [-0.1, -0.05) is 35.0 Å². The molecule has 22 heavy (non-hydrogen) atoms. The number of carbonyl (C=O) groups excluding carboxylic acids is 2. The fourth-order valence-corrected chi connectivity index (χ4v) is 2.79. The SMILES string of the molecule is CCc1nc(COC(=O)CCC(=O)c2ccc(Br)cc2)cs1. The highest BCUT2D eigenvalue weighted by molar-refractivity contribution is 9.10. The molecule has 0 saturated heterocycles. The van der Waals surface area contributed by atoms with Crippen LogP contribution in [0.4, 0.5) is 0 Å². The van der Waals surface area contributed by atoms with Gasteiger partial charge in [0, 0.05) is 21.8 Å². The molecular formula is C16H16BrNO3S. The number of hydrogen-bond donors (Lipinski definition) is 0. The molecule has 0 bridgehead atoms. The van der Waals surface area contributed by atoms with E-state index in [2.05, 4.69) is 20.9 Å². The molecule has 6 heteroatoms. The largest absolute Gasteiger partial charge is 0.459 e. The van der Waals surface area contributed by atoms with Crippen molar-refractivity contribution in [3.63, 3.8) is 0 Å². The molecule has 0 unspecified atom stereocenters. The van der Waals surface area contributed by atoms with Crippen LogP contribution in [0.3, 0.4) is 0 Å². The number of nitrogens with zero attached hydrogens (tertiary/aromatic N) is 1. The van der Waals surface area contributed by atoms with Crippen LogP contribution in [0.1, 0.15) is 40.8 Å². The maximum Gasteiger partial charge on any atom is 0.306 e. The smallest absolute Gasteiger partial charge is 0.306 e. The molecule has 0 fully saturated rings. The second-order valence-electron chi connectivity index (χ2n) is 4.68. The van der Waals surface area contributed by atoms with Gasteiger partial charge in [-0.15, -0.1) is 11.3 Å². The molecule has 0 saturated carbocycles. The highest BCUT2D eigenvalue weighted by atomic mass is 79.9. The third kappa shape index (κ3) is 5.03. The van der Waals surface area contributed by atoms with Crippen molar-refractivity contribution in [1.82, 2.24) is 4.98 Å². The Morgan fingerprint density at radius 2 is 1.95 bits per heavy atom. The first kappa shape index (κ1) is 16.8. The van der Waals surface area contributed by atoms with Crippen LogP contribution in [0.15, 0.2) is 34.1 Å². The van der Waals surface area contributed by atoms with E-state index < -0.39 is 0 Å². The van der Waals surface area contributed by atoms with Crippen LogP contribution in [0.2, 0.25) is 0 Å². The fraction of sp³-hybridized carbons (Fsp3) is 0.312. The van der Waals surface area contributed by atoms with E-state index in [0.717, 1.165) is 21.6 Å². The molecule has 4 nitrogen and oxygen atoms in total. The predicted octanol–water partition coefficient (Wildman–Crippen LogP) is 4.17. The van der Waals surface area contributed by atoms with E-state index in [4.69, 9.17) is 4.74 Å². The quantitative estimate of drug-likeness (QED) is 0.533. The number of ether oxygens (including phenoxy) is 1. The van der Waals surface area contributed by atoms with Crippen molar-refractivity contribution >= 4 is 39.0 Å². The highest BCUT2D eigenvalue weighted by Crippen LogP contribution is 2.14. The maximum atomic E-state index is 11.9. The van der Waals surface area contributed by atoms with E-state index in [1.807, 2.05) is 12.3 Å². The molecule has 2 aromatic rings. The van der Waals surface area contributed by atoms with E-state index in [-0.39, 0.29) is 31.2 Å². The second-order valence-corrected chi connectivity index (χ2v) is 6.54. The predicted molar refractivity (Wildman–Crippen MR) is 89.0 cm³/mol. The molecule has 1 aromatic heterocycles. The summed E-state index contributed by atoms with van der Waals surface area (Å²) in [5.41, 5.74) is 1.36. The molecule has 116 valence electrons. The van der Waals surface area contributed by atoms with Gasteiger partial charge in [-0.2, -0.15) is 0 Å². The summed E-state index contributed by atoms with van der Waals surface area (Å²) in [4.78, 5) is 27.9. The van der Waals surface area contributed by atoms with Crippen LogP contribution in [-0.4, -0.2) is 16.7 Å². The average molecular weight is 382 g/mol. The number of aromatic nitrogens is 1. The molecule has 2 rings (SSSR count). The summed E-state index contributed by atoms with van der Waals surface area (Å²) in [5.74, 6) is -0.442. The van der Waals surface area contributed by atoms with E-state index in [1.165, 1.54) is 0 Å². The molecular weight excluding hydrogens is 366 g/mol. The second kappa shape index (κ2) is 8.19. The van der Waals surface area contributed by atoms with Gasteiger partial charge in [0.25, 0.3) is 0 Å². The molecule has 0 aliphatic carbocycles. The average Bonchev–Trinajstić information content (AvgIpc) is 2.99. The first-order valence-corrected chi connectivity index (χ1v) is 8.63. The number of esters is 1. The van der Waals surface area contributed by atoms with Crippen LogP contribution in [0.5, 0.6) is 0 Å². The number of aryl methyl sites for hydroxylation is 1. The topological polar surface area (TPSA) is 56.3 Å². The molecule has 1 aromatic carbocycles. The molecule has 1 heterocycles. The summed E-state index contributed by atoms with van der Waals surface area (Å²) in [6, 6.07) is 7.08. The summed E-state index contributed by atoms with van der Waals surface area (Å²) in [5, 5.41) is 2.91. The standard InChI is InChI=1S/C16H16BrNO3S/c1-2-15-18-13(10-22-15)9-21-16(20)8-7-14(19)11-3-5-12(17)6-4-11/h3-6,10H,2,7-9H2,1H3. The van der Waals surface area contributed by atoms with Gasteiger partial charge in [0.15, 0.2) is 5.78 Å². The summed E-state index contributed by atoms with van der Waals surface area (Å²) in [7, 11) is 0. The van der Waals surface area contributed by atoms with Crippen LogP contribution >= 0.6 is 27.3 Å². The Hall–Kier alpha value is -1.53. The van der Waals surface area contributed by atoms with Crippen molar-refractivity contribution in [3.8, 4) is 0 Å². The zero-order valence-electron chi connectivity index (χ0n) is 12.2. The third-order valence-corrected chi connectivity index (χ3v) is 4.58. The van der Waals surface area contributed by atoms with Crippen LogP contribution in [-0.2, 0) is 22.6 Å². The number of halogens is 1. The number of carbonyl (C=O) groups is 2. The van der Waals surface area contributed by atoms with E-state index >= 15 is 0 Å². The van der Waals surface area contributed by atoms with E-state index in [0.29, 0.717) is 5.56 Å². The zero-order valence-corrected chi connectivity index (χ0v) is 14.6. The summed E-state index contributed by atoms with van der Waals surface area (Å²) in [6.45, 7) is 2.20. The Morgan fingerprint density at radius 3 is 2.59 bits per heavy atom. The molecule has 0 amide bonds. The minimum Gasteiger partial charge on any atom is -0.459 e. The van der Waals surface area contributed by atoms with Gasteiger partial charge in [0.2, 0.25) is 0 Å². The molecule has 0 atom stereocenters. The zero-order chi connectivity index (χ0) is 15.9. The van der Waals surface area contributed by atoms with Crippen LogP contribution in [0.25, 0.3) is 0 Å². The summed E-state index contributed by atoms with van der Waals surface area (Å²) in [6.07, 6.45) is 1.11. The van der Waals surface area contributed by atoms with Gasteiger partial charge in [0.05, 0.1) is 17.1 Å². The lowest BCUT2D eigenvalue weighted by Crippen LogP contribution is -2.08. The van der Waals surface area contributed by atoms with Gasteiger partial charge in [-0.25, -0.2) is 4.98 Å². The third-order valence-electron chi connectivity index (χ3n) is 3.01. The fourth-order valence-electron chi connectivity index (χ4n) is 1.80. The highest BCUT2D eigenvalue weighted by Gasteiger charge is 2.11. The van der Waals surface area contributed by atoms with Crippen molar-refractivity contribution in [3.05, 3.63) is 50.4 Å². The van der Waals surface area contributed by atoms with Crippen LogP contribution in [0, 0.1) is 0 Å². The lowest BCUT2D eigenvalue weighted by molar-refractivity contribution is -0.145. The lowest BCUT2D eigenvalue weighted by atomic mass is 10.1. The Balaban J connectivity index is 1.75. The molecule has 0 spiro atoms. The number of hydrogen-bond acceptors (Lipinski definition) is 5. The molecule has 0 radical (unpaired) electrons. The Kier molecular flexibility index (Phi) is 6.27. The van der Waals surface area contributed by atoms with Crippen molar-refractivity contribution in [1.29, 1.82) is 0 Å². The van der Waals surface area contributed by atoms with Crippen molar-refractivity contribution < 1.29 is 14.3 Å². The monoisotopic (exact) mass is 381 g/mol. The number of rotatable bonds is 7. The van der Waals surface area contributed by atoms with Crippen molar-refractivity contribution in [2.45, 2.75) is 32.8 Å². The van der Waals surface area contributed by atoms with Gasteiger partial charge in [-0.05, 0) is 18.6 Å². The van der Waals surface area contributed by atoms with Crippen LogP contribution < -0.4 is 0 Å². The lowest BCUT2D eigenvalue weighted by Gasteiger charge is -2.03. The summed E-state index contributed by atoms with van der Waals surface area (Å²) >= 11 is 4.87. The van der Waals surface area contributed by atoms with Gasteiger partial charge < -0.3 is 4.74 Å². The molecule has 0 N–H and O–H groups in total. The Bertz CT molecular complexity index is 652.